The Balaban J connectivity index is 1.47. The second-order valence-corrected chi connectivity index (χ2v) is 11.0. The van der Waals surface area contributed by atoms with Gasteiger partial charge in [0.1, 0.15) is 21.8 Å². The van der Waals surface area contributed by atoms with Gasteiger partial charge in [-0.05, 0) is 68.8 Å². The summed E-state index contributed by atoms with van der Waals surface area (Å²) in [6.07, 6.45) is 5.64. The van der Waals surface area contributed by atoms with Crippen LogP contribution >= 0.6 is 11.3 Å². The highest BCUT2D eigenvalue weighted by atomic mass is 32.1. The van der Waals surface area contributed by atoms with Crippen molar-refractivity contribution in [2.24, 2.45) is 0 Å². The molecule has 5 rings (SSSR count). The molecule has 0 unspecified atom stereocenters. The molecule has 1 fully saturated rings. The summed E-state index contributed by atoms with van der Waals surface area (Å²) in [6.45, 7) is 6.73. The van der Waals surface area contributed by atoms with Gasteiger partial charge in [-0.2, -0.15) is 0 Å². The van der Waals surface area contributed by atoms with Gasteiger partial charge < -0.3 is 19.5 Å². The van der Waals surface area contributed by atoms with Crippen molar-refractivity contribution >= 4 is 33.4 Å². The van der Waals surface area contributed by atoms with Crippen LogP contribution in [0.25, 0.3) is 10.2 Å². The first-order valence-electron chi connectivity index (χ1n) is 12.3. The molecule has 2 aromatic heterocycles. The average Bonchev–Trinajstić information content (AvgIpc) is 3.40. The molecule has 1 saturated carbocycles. The molecule has 0 saturated heterocycles. The predicted octanol–water partition coefficient (Wildman–Crippen LogP) is 5.35. The third-order valence-electron chi connectivity index (χ3n) is 7.09. The summed E-state index contributed by atoms with van der Waals surface area (Å²) in [7, 11) is 0. The van der Waals surface area contributed by atoms with Gasteiger partial charge >= 0.3 is 0 Å². The molecule has 2 amide bonds. The molecule has 7 heteroatoms. The SMILES string of the molecule is CC(C)Oc1ccc(CN2C(=O)c3cc4ccsc4n3C[C@@]2(C)C(=O)NC2CCCCC2)cc1. The molecule has 3 aromatic rings. The molecule has 2 aliphatic rings. The highest BCUT2D eigenvalue weighted by Crippen LogP contribution is 2.36. The van der Waals surface area contributed by atoms with Crippen LogP contribution in [0.5, 0.6) is 5.75 Å². The van der Waals surface area contributed by atoms with Gasteiger partial charge in [-0.15, -0.1) is 11.3 Å². The van der Waals surface area contributed by atoms with Gasteiger partial charge in [0.05, 0.1) is 12.6 Å². The lowest BCUT2D eigenvalue weighted by atomic mass is 9.91. The Morgan fingerprint density at radius 3 is 2.62 bits per heavy atom. The lowest BCUT2D eigenvalue weighted by Gasteiger charge is -2.44. The van der Waals surface area contributed by atoms with Gasteiger partial charge in [-0.1, -0.05) is 31.4 Å². The fourth-order valence-electron chi connectivity index (χ4n) is 5.22. The van der Waals surface area contributed by atoms with Gasteiger partial charge in [0.25, 0.3) is 5.91 Å². The number of amides is 2. The van der Waals surface area contributed by atoms with Crippen molar-refractivity contribution in [3.8, 4) is 5.75 Å². The third kappa shape index (κ3) is 4.22. The number of hydrogen-bond acceptors (Lipinski definition) is 4. The van der Waals surface area contributed by atoms with Crippen LogP contribution in [0, 0.1) is 0 Å². The topological polar surface area (TPSA) is 63.6 Å². The second kappa shape index (κ2) is 9.10. The van der Waals surface area contributed by atoms with Gasteiger partial charge in [-0.25, -0.2) is 0 Å². The van der Waals surface area contributed by atoms with Crippen LogP contribution in [0.15, 0.2) is 41.8 Å². The Morgan fingerprint density at radius 2 is 1.91 bits per heavy atom. The lowest BCUT2D eigenvalue weighted by Crippen LogP contribution is -2.64. The zero-order valence-electron chi connectivity index (χ0n) is 20.2. The maximum Gasteiger partial charge on any atom is 0.271 e. The Bertz CT molecular complexity index is 1190. The molecule has 3 heterocycles. The Kier molecular flexibility index (Phi) is 6.15. The molecular weight excluding hydrogens is 446 g/mol. The minimum atomic E-state index is -0.982. The van der Waals surface area contributed by atoms with Gasteiger partial charge in [0.15, 0.2) is 0 Å². The molecule has 1 aliphatic heterocycles. The summed E-state index contributed by atoms with van der Waals surface area (Å²) in [5.74, 6) is 0.644. The van der Waals surface area contributed by atoms with E-state index in [9.17, 15) is 9.59 Å². The first kappa shape index (κ1) is 23.0. The van der Waals surface area contributed by atoms with E-state index in [1.54, 1.807) is 16.2 Å². The molecule has 1 N–H and O–H groups in total. The minimum absolute atomic E-state index is 0.0587. The Hall–Kier alpha value is -2.80. The Labute approximate surface area is 204 Å². The van der Waals surface area contributed by atoms with Crippen LogP contribution in [0.1, 0.15) is 68.9 Å². The van der Waals surface area contributed by atoms with Crippen molar-refractivity contribution in [1.29, 1.82) is 0 Å². The van der Waals surface area contributed by atoms with Crippen molar-refractivity contribution in [2.45, 2.75) is 83.6 Å². The van der Waals surface area contributed by atoms with Crippen molar-refractivity contribution in [3.05, 3.63) is 53.0 Å². The fourth-order valence-corrected chi connectivity index (χ4v) is 6.12. The highest BCUT2D eigenvalue weighted by Gasteiger charge is 2.48. The minimum Gasteiger partial charge on any atom is -0.491 e. The number of ether oxygens (including phenoxy) is 1. The number of nitrogens with one attached hydrogen (secondary N) is 1. The molecular formula is C27H33N3O3S. The van der Waals surface area contributed by atoms with Gasteiger partial charge in [0, 0.05) is 18.0 Å². The van der Waals surface area contributed by atoms with Crippen molar-refractivity contribution in [2.75, 3.05) is 0 Å². The van der Waals surface area contributed by atoms with Gasteiger partial charge in [-0.3, -0.25) is 9.59 Å². The summed E-state index contributed by atoms with van der Waals surface area (Å²) in [4.78, 5) is 30.4. The molecule has 1 aliphatic carbocycles. The number of aromatic nitrogens is 1. The van der Waals surface area contributed by atoms with Crippen molar-refractivity contribution in [3.63, 3.8) is 0 Å². The normalized spacial score (nSPS) is 21.2. The van der Waals surface area contributed by atoms with E-state index in [2.05, 4.69) is 5.32 Å². The summed E-state index contributed by atoms with van der Waals surface area (Å²) in [5.41, 5.74) is 0.650. The van der Waals surface area contributed by atoms with Crippen LogP contribution < -0.4 is 10.1 Å². The van der Waals surface area contributed by atoms with Gasteiger partial charge in [0.2, 0.25) is 5.91 Å². The summed E-state index contributed by atoms with van der Waals surface area (Å²) < 4.78 is 7.81. The number of nitrogens with zero attached hydrogens (tertiary/aromatic N) is 2. The summed E-state index contributed by atoms with van der Waals surface area (Å²) >= 11 is 1.62. The zero-order chi connectivity index (χ0) is 23.9. The van der Waals surface area contributed by atoms with E-state index < -0.39 is 5.54 Å². The number of carbonyl (C=O) groups is 2. The molecule has 34 heavy (non-hydrogen) atoms. The van der Waals surface area contributed by atoms with Crippen molar-refractivity contribution < 1.29 is 14.3 Å². The van der Waals surface area contributed by atoms with Crippen LogP contribution in [0.4, 0.5) is 0 Å². The second-order valence-electron chi connectivity index (χ2n) is 10.1. The standard InChI is InChI=1S/C27H33N3O3S/c1-18(2)33-22-11-9-19(10-12-22)16-30-24(31)23-15-20-13-14-34-25(20)29(23)17-27(30,3)26(32)28-21-7-5-4-6-8-21/h9-15,18,21H,4-8,16-17H2,1-3H3,(H,28,32)/t27-/m0/s1. The third-order valence-corrected chi connectivity index (χ3v) is 8.05. The number of benzene rings is 1. The monoisotopic (exact) mass is 479 g/mol. The highest BCUT2D eigenvalue weighted by molar-refractivity contribution is 7.16. The molecule has 1 atom stereocenters. The van der Waals surface area contributed by atoms with Crippen LogP contribution in [0.2, 0.25) is 0 Å². The summed E-state index contributed by atoms with van der Waals surface area (Å²) in [6, 6.07) is 12.0. The maximum absolute atomic E-state index is 13.8. The molecule has 1 aromatic carbocycles. The van der Waals surface area contributed by atoms with Crippen LogP contribution in [-0.2, 0) is 17.9 Å². The molecule has 0 radical (unpaired) electrons. The number of hydrogen-bond donors (Lipinski definition) is 1. The maximum atomic E-state index is 13.8. The molecule has 6 nitrogen and oxygen atoms in total. The smallest absolute Gasteiger partial charge is 0.271 e. The van der Waals surface area contributed by atoms with Crippen LogP contribution in [0.3, 0.4) is 0 Å². The van der Waals surface area contributed by atoms with E-state index in [0.717, 1.165) is 47.2 Å². The van der Waals surface area contributed by atoms with E-state index in [4.69, 9.17) is 4.74 Å². The van der Waals surface area contributed by atoms with E-state index in [1.165, 1.54) is 6.42 Å². The first-order chi connectivity index (χ1) is 16.3. The first-order valence-corrected chi connectivity index (χ1v) is 13.2. The van der Waals surface area contributed by atoms with E-state index in [-0.39, 0.29) is 24.0 Å². The lowest BCUT2D eigenvalue weighted by molar-refractivity contribution is -0.134. The largest absolute Gasteiger partial charge is 0.491 e. The zero-order valence-corrected chi connectivity index (χ0v) is 21.0. The van der Waals surface area contributed by atoms with E-state index in [1.807, 2.05) is 67.1 Å². The van der Waals surface area contributed by atoms with E-state index in [0.29, 0.717) is 18.8 Å². The summed E-state index contributed by atoms with van der Waals surface area (Å²) in [5, 5.41) is 6.39. The quantitative estimate of drug-likeness (QED) is 0.518. The van der Waals surface area contributed by atoms with Crippen LogP contribution in [-0.4, -0.2) is 39.0 Å². The predicted molar refractivity (Wildman–Crippen MR) is 135 cm³/mol. The van der Waals surface area contributed by atoms with Crippen molar-refractivity contribution in [1.82, 2.24) is 14.8 Å². The molecule has 0 spiro atoms. The Morgan fingerprint density at radius 1 is 1.18 bits per heavy atom. The average molecular weight is 480 g/mol. The van der Waals surface area contributed by atoms with E-state index >= 15 is 0 Å². The number of carbonyl (C=O) groups excluding carboxylic acids is 2. The number of fused-ring (bicyclic) bond motifs is 3. The molecule has 180 valence electrons. The molecule has 0 bridgehead atoms. The fraction of sp³-hybridized carbons (Fsp3) is 0.481. The number of thiophene rings is 1. The number of rotatable bonds is 6.